The van der Waals surface area contributed by atoms with Gasteiger partial charge in [-0.1, -0.05) is 12.0 Å². The van der Waals surface area contributed by atoms with Gasteiger partial charge in [-0.2, -0.15) is 0 Å². The lowest BCUT2D eigenvalue weighted by Gasteiger charge is -1.97. The van der Waals surface area contributed by atoms with Crippen LogP contribution in [0.4, 0.5) is 0 Å². The fourth-order valence-corrected chi connectivity index (χ4v) is 1.60. The second-order valence-corrected chi connectivity index (χ2v) is 3.81. The van der Waals surface area contributed by atoms with Crippen molar-refractivity contribution in [1.82, 2.24) is 0 Å². The van der Waals surface area contributed by atoms with E-state index in [2.05, 4.69) is 27.8 Å². The lowest BCUT2D eigenvalue weighted by molar-refractivity contribution is -0.136. The summed E-state index contributed by atoms with van der Waals surface area (Å²) >= 11 is 3.38. The van der Waals surface area contributed by atoms with Crippen LogP contribution in [0, 0.1) is 18.8 Å². The molecule has 0 saturated carbocycles. The average molecular weight is 267 g/mol. The molecule has 1 aromatic rings. The van der Waals surface area contributed by atoms with Crippen LogP contribution in [0.5, 0.6) is 0 Å². The Kier molecular flexibility index (Phi) is 4.38. The van der Waals surface area contributed by atoms with E-state index in [1.165, 1.54) is 0 Å². The number of carbonyl (C=O) groups excluding carboxylic acids is 1. The molecule has 1 rings (SSSR count). The van der Waals surface area contributed by atoms with Crippen LogP contribution in [0.25, 0.3) is 0 Å². The summed E-state index contributed by atoms with van der Waals surface area (Å²) in [6.45, 7) is 4.09. The first-order valence-electron chi connectivity index (χ1n) is 4.58. The molecule has 0 aliphatic carbocycles. The fourth-order valence-electron chi connectivity index (χ4n) is 1.01. The summed E-state index contributed by atoms with van der Waals surface area (Å²) in [5.41, 5.74) is 1.93. The second-order valence-electron chi connectivity index (χ2n) is 2.95. The summed E-state index contributed by atoms with van der Waals surface area (Å²) in [5, 5.41) is 0. The molecule has 0 saturated heterocycles. The maximum Gasteiger partial charge on any atom is 0.384 e. The number of hydrogen-bond donors (Lipinski definition) is 0. The number of halogens is 1. The van der Waals surface area contributed by atoms with Gasteiger partial charge in [-0.25, -0.2) is 4.79 Å². The standard InChI is InChI=1S/C12H11BrO2/c1-3-15-12(14)7-6-10-5-4-9(2)8-11(10)13/h4-5,8H,3H2,1-2H3. The van der Waals surface area contributed by atoms with Gasteiger partial charge in [0.25, 0.3) is 0 Å². The van der Waals surface area contributed by atoms with E-state index >= 15 is 0 Å². The molecule has 0 unspecified atom stereocenters. The Hall–Kier alpha value is -1.27. The highest BCUT2D eigenvalue weighted by Gasteiger charge is 1.97. The van der Waals surface area contributed by atoms with Gasteiger partial charge in [-0.3, -0.25) is 0 Å². The van der Waals surface area contributed by atoms with Crippen molar-refractivity contribution in [3.05, 3.63) is 33.8 Å². The second kappa shape index (κ2) is 5.57. The maximum absolute atomic E-state index is 11.0. The quantitative estimate of drug-likeness (QED) is 0.577. The maximum atomic E-state index is 11.0. The van der Waals surface area contributed by atoms with Crippen LogP contribution in [-0.2, 0) is 9.53 Å². The van der Waals surface area contributed by atoms with Gasteiger partial charge in [0.1, 0.15) is 0 Å². The van der Waals surface area contributed by atoms with Gasteiger partial charge in [-0.15, -0.1) is 0 Å². The molecule has 0 heterocycles. The highest BCUT2D eigenvalue weighted by atomic mass is 79.9. The van der Waals surface area contributed by atoms with E-state index in [4.69, 9.17) is 4.74 Å². The minimum absolute atomic E-state index is 0.350. The van der Waals surface area contributed by atoms with Crippen molar-refractivity contribution in [2.24, 2.45) is 0 Å². The van der Waals surface area contributed by atoms with Crippen LogP contribution in [-0.4, -0.2) is 12.6 Å². The summed E-state index contributed by atoms with van der Waals surface area (Å²) in [4.78, 5) is 11.0. The van der Waals surface area contributed by atoms with E-state index < -0.39 is 5.97 Å². The molecular formula is C12H11BrO2. The van der Waals surface area contributed by atoms with Gasteiger partial charge >= 0.3 is 5.97 Å². The molecule has 0 bridgehead atoms. The zero-order valence-electron chi connectivity index (χ0n) is 8.63. The molecule has 0 fully saturated rings. The molecule has 1 aromatic carbocycles. The van der Waals surface area contributed by atoms with E-state index in [1.54, 1.807) is 6.92 Å². The third kappa shape index (κ3) is 3.77. The smallest absolute Gasteiger partial charge is 0.384 e. The van der Waals surface area contributed by atoms with Gasteiger partial charge < -0.3 is 4.74 Å². The van der Waals surface area contributed by atoms with Crippen molar-refractivity contribution in [2.75, 3.05) is 6.61 Å². The van der Waals surface area contributed by atoms with E-state index in [-0.39, 0.29) is 0 Å². The zero-order valence-corrected chi connectivity index (χ0v) is 10.2. The summed E-state index contributed by atoms with van der Waals surface area (Å²) < 4.78 is 5.59. The van der Waals surface area contributed by atoms with Gasteiger partial charge in [0.05, 0.1) is 6.61 Å². The van der Waals surface area contributed by atoms with Crippen LogP contribution < -0.4 is 0 Å². The molecule has 0 amide bonds. The molecule has 0 N–H and O–H groups in total. The molecule has 78 valence electrons. The van der Waals surface area contributed by atoms with Crippen LogP contribution in [0.2, 0.25) is 0 Å². The fraction of sp³-hybridized carbons (Fsp3) is 0.250. The van der Waals surface area contributed by atoms with Crippen LogP contribution >= 0.6 is 15.9 Å². The summed E-state index contributed by atoms with van der Waals surface area (Å²) in [5.74, 6) is 4.68. The van der Waals surface area contributed by atoms with Crippen molar-refractivity contribution < 1.29 is 9.53 Å². The topological polar surface area (TPSA) is 26.3 Å². The molecule has 0 aromatic heterocycles. The van der Waals surface area contributed by atoms with Gasteiger partial charge in [0, 0.05) is 16.0 Å². The molecule has 0 radical (unpaired) electrons. The Morgan fingerprint density at radius 2 is 2.27 bits per heavy atom. The SMILES string of the molecule is CCOC(=O)C#Cc1ccc(C)cc1Br. The molecule has 15 heavy (non-hydrogen) atoms. The molecule has 3 heteroatoms. The molecule has 0 spiro atoms. The lowest BCUT2D eigenvalue weighted by Crippen LogP contribution is -1.99. The molecule has 0 aliphatic heterocycles. The number of benzene rings is 1. The monoisotopic (exact) mass is 266 g/mol. The first kappa shape index (κ1) is 11.8. The highest BCUT2D eigenvalue weighted by Crippen LogP contribution is 2.16. The largest absolute Gasteiger partial charge is 0.456 e. The summed E-state index contributed by atoms with van der Waals surface area (Å²) in [6, 6.07) is 5.76. The first-order chi connectivity index (χ1) is 7.13. The number of ether oxygens (including phenoxy) is 1. The van der Waals surface area contributed by atoms with Crippen molar-refractivity contribution in [3.8, 4) is 11.8 Å². The third-order valence-corrected chi connectivity index (χ3v) is 2.36. The lowest BCUT2D eigenvalue weighted by atomic mass is 10.1. The average Bonchev–Trinajstić information content (AvgIpc) is 2.17. The highest BCUT2D eigenvalue weighted by molar-refractivity contribution is 9.10. The minimum atomic E-state index is -0.495. The number of rotatable bonds is 1. The first-order valence-corrected chi connectivity index (χ1v) is 5.37. The van der Waals surface area contributed by atoms with Crippen molar-refractivity contribution in [1.29, 1.82) is 0 Å². The van der Waals surface area contributed by atoms with E-state index in [1.807, 2.05) is 25.1 Å². The predicted molar refractivity (Wildman–Crippen MR) is 62.4 cm³/mol. The Labute approximate surface area is 97.8 Å². The van der Waals surface area contributed by atoms with Gasteiger partial charge in [-0.05, 0) is 47.5 Å². The number of esters is 1. The van der Waals surface area contributed by atoms with Crippen molar-refractivity contribution >= 4 is 21.9 Å². The van der Waals surface area contributed by atoms with E-state index in [0.717, 1.165) is 15.6 Å². The summed E-state index contributed by atoms with van der Waals surface area (Å²) in [6.07, 6.45) is 0. The van der Waals surface area contributed by atoms with E-state index in [9.17, 15) is 4.79 Å². The van der Waals surface area contributed by atoms with E-state index in [0.29, 0.717) is 6.61 Å². The minimum Gasteiger partial charge on any atom is -0.456 e. The van der Waals surface area contributed by atoms with Crippen LogP contribution in [0.3, 0.4) is 0 Å². The third-order valence-electron chi connectivity index (χ3n) is 1.70. The Morgan fingerprint density at radius 1 is 1.53 bits per heavy atom. The molecular weight excluding hydrogens is 256 g/mol. The van der Waals surface area contributed by atoms with Crippen LogP contribution in [0.1, 0.15) is 18.1 Å². The van der Waals surface area contributed by atoms with Crippen molar-refractivity contribution in [3.63, 3.8) is 0 Å². The number of hydrogen-bond acceptors (Lipinski definition) is 2. The molecule has 0 aliphatic rings. The van der Waals surface area contributed by atoms with Gasteiger partial charge in [0.2, 0.25) is 0 Å². The predicted octanol–water partition coefficient (Wildman–Crippen LogP) is 2.67. The van der Waals surface area contributed by atoms with Gasteiger partial charge in [0.15, 0.2) is 0 Å². The molecule has 0 atom stereocenters. The summed E-state index contributed by atoms with van der Waals surface area (Å²) in [7, 11) is 0. The number of aryl methyl sites for hydroxylation is 1. The van der Waals surface area contributed by atoms with Crippen LogP contribution in [0.15, 0.2) is 22.7 Å². The Morgan fingerprint density at radius 3 is 2.87 bits per heavy atom. The number of carbonyl (C=O) groups is 1. The molecule has 2 nitrogen and oxygen atoms in total. The van der Waals surface area contributed by atoms with Crippen molar-refractivity contribution in [2.45, 2.75) is 13.8 Å². The zero-order chi connectivity index (χ0) is 11.3. The Bertz CT molecular complexity index is 427. The normalized spacial score (nSPS) is 9.00. The Balaban J connectivity index is 2.84.